The Bertz CT molecular complexity index is 1060. The van der Waals surface area contributed by atoms with Crippen LogP contribution in [0.15, 0.2) is 47.5 Å². The molecule has 0 saturated carbocycles. The number of thioether (sulfide) groups is 1. The third-order valence-electron chi connectivity index (χ3n) is 4.58. The molecule has 0 fully saturated rings. The van der Waals surface area contributed by atoms with Crippen LogP contribution in [0, 0.1) is 13.8 Å². The highest BCUT2D eigenvalue weighted by atomic mass is 32.2. The molecule has 1 heterocycles. The summed E-state index contributed by atoms with van der Waals surface area (Å²) in [6.45, 7) is 6.00. The van der Waals surface area contributed by atoms with E-state index in [9.17, 15) is 18.0 Å². The van der Waals surface area contributed by atoms with Gasteiger partial charge in [0.05, 0.1) is 16.6 Å². The fraction of sp³-hybridized carbons (Fsp3) is 0.273. The van der Waals surface area contributed by atoms with E-state index in [2.05, 4.69) is 10.3 Å². The van der Waals surface area contributed by atoms with Gasteiger partial charge in [-0.3, -0.25) is 4.79 Å². The Morgan fingerprint density at radius 1 is 1.14 bits per heavy atom. The Balaban J connectivity index is 2.00. The van der Waals surface area contributed by atoms with E-state index in [1.807, 2.05) is 38.1 Å². The number of rotatable bonds is 5. The fourth-order valence-electron chi connectivity index (χ4n) is 3.18. The van der Waals surface area contributed by atoms with Crippen LogP contribution in [0.3, 0.4) is 0 Å². The van der Waals surface area contributed by atoms with Crippen LogP contribution in [-0.2, 0) is 12.7 Å². The molecule has 0 atom stereocenters. The molecule has 2 aromatic carbocycles. The Morgan fingerprint density at radius 2 is 1.90 bits per heavy atom. The second-order valence-electron chi connectivity index (χ2n) is 6.75. The first-order valence-electron chi connectivity index (χ1n) is 9.18. The Hall–Kier alpha value is -2.54. The fourth-order valence-corrected chi connectivity index (χ4v) is 4.01. The lowest BCUT2D eigenvalue weighted by Crippen LogP contribution is -2.25. The van der Waals surface area contributed by atoms with Crippen LogP contribution in [-0.4, -0.2) is 16.6 Å². The number of aromatic nitrogens is 1. The molecular weight excluding hydrogens is 397 g/mol. The minimum absolute atomic E-state index is 0.239. The highest BCUT2D eigenvalue weighted by molar-refractivity contribution is 7.99. The third-order valence-corrected chi connectivity index (χ3v) is 5.44. The highest BCUT2D eigenvalue weighted by Crippen LogP contribution is 2.34. The minimum atomic E-state index is -4.44. The van der Waals surface area contributed by atoms with Crippen LogP contribution in [0.1, 0.15) is 39.5 Å². The predicted octanol–water partition coefficient (Wildman–Crippen LogP) is 5.91. The highest BCUT2D eigenvalue weighted by Gasteiger charge is 2.31. The number of aryl methyl sites for hydroxylation is 2. The van der Waals surface area contributed by atoms with Crippen LogP contribution in [0.25, 0.3) is 10.9 Å². The number of fused-ring (bicyclic) bond motifs is 1. The van der Waals surface area contributed by atoms with Gasteiger partial charge in [-0.15, -0.1) is 11.8 Å². The van der Waals surface area contributed by atoms with E-state index >= 15 is 0 Å². The molecule has 3 nitrogen and oxygen atoms in total. The van der Waals surface area contributed by atoms with Gasteiger partial charge in [0.25, 0.3) is 5.91 Å². The van der Waals surface area contributed by atoms with E-state index in [-0.39, 0.29) is 11.4 Å². The van der Waals surface area contributed by atoms with E-state index in [0.717, 1.165) is 23.3 Å². The summed E-state index contributed by atoms with van der Waals surface area (Å²) in [5.41, 5.74) is 2.61. The van der Waals surface area contributed by atoms with Crippen LogP contribution in [0.5, 0.6) is 0 Å². The smallest absolute Gasteiger partial charge is 0.348 e. The van der Waals surface area contributed by atoms with Crippen LogP contribution in [0.2, 0.25) is 0 Å². The van der Waals surface area contributed by atoms with Crippen molar-refractivity contribution in [2.24, 2.45) is 0 Å². The molecule has 7 heteroatoms. The first-order chi connectivity index (χ1) is 13.7. The number of alkyl halides is 3. The standard InChI is InChI=1S/C22H21F3N2OS/c1-4-29-21-19(20(28)26-12-15-7-5-6-13(2)10-15)14(3)17-9-8-16(22(23,24)25)11-18(17)27-21/h5-11H,4,12H2,1-3H3,(H,26,28). The first kappa shape index (κ1) is 21.2. The summed E-state index contributed by atoms with van der Waals surface area (Å²) in [6, 6.07) is 11.3. The van der Waals surface area contributed by atoms with Crippen molar-refractivity contribution in [2.45, 2.75) is 38.5 Å². The van der Waals surface area contributed by atoms with Crippen molar-refractivity contribution in [1.29, 1.82) is 0 Å². The van der Waals surface area contributed by atoms with Crippen molar-refractivity contribution < 1.29 is 18.0 Å². The maximum Gasteiger partial charge on any atom is 0.416 e. The van der Waals surface area contributed by atoms with Gasteiger partial charge in [-0.25, -0.2) is 4.98 Å². The Labute approximate surface area is 171 Å². The van der Waals surface area contributed by atoms with E-state index in [1.54, 1.807) is 6.92 Å². The molecular formula is C22H21F3N2OS. The number of nitrogens with zero attached hydrogens (tertiary/aromatic N) is 1. The summed E-state index contributed by atoms with van der Waals surface area (Å²) >= 11 is 1.34. The SMILES string of the molecule is CCSc1nc2cc(C(F)(F)F)ccc2c(C)c1C(=O)NCc1cccc(C)c1. The molecule has 1 amide bonds. The van der Waals surface area contributed by atoms with Crippen molar-refractivity contribution in [3.05, 3.63) is 70.3 Å². The second-order valence-corrected chi connectivity index (χ2v) is 8.00. The number of nitrogens with one attached hydrogen (secondary N) is 1. The maximum absolute atomic E-state index is 13.1. The summed E-state index contributed by atoms with van der Waals surface area (Å²) < 4.78 is 39.2. The molecule has 29 heavy (non-hydrogen) atoms. The zero-order chi connectivity index (χ0) is 21.2. The molecule has 0 saturated heterocycles. The summed E-state index contributed by atoms with van der Waals surface area (Å²) in [6.07, 6.45) is -4.44. The van der Waals surface area contributed by atoms with Gasteiger partial charge in [0.15, 0.2) is 0 Å². The summed E-state index contributed by atoms with van der Waals surface area (Å²) in [4.78, 5) is 17.3. The number of pyridine rings is 1. The molecule has 1 N–H and O–H groups in total. The Kier molecular flexibility index (Phi) is 6.17. The number of benzene rings is 2. The van der Waals surface area contributed by atoms with Crippen molar-refractivity contribution in [3.63, 3.8) is 0 Å². The van der Waals surface area contributed by atoms with Crippen LogP contribution in [0.4, 0.5) is 13.2 Å². The molecule has 0 radical (unpaired) electrons. The quantitative estimate of drug-likeness (QED) is 0.524. The number of carbonyl (C=O) groups excluding carboxylic acids is 1. The topological polar surface area (TPSA) is 42.0 Å². The number of carbonyl (C=O) groups is 1. The molecule has 3 aromatic rings. The van der Waals surface area contributed by atoms with Crippen molar-refractivity contribution in [2.75, 3.05) is 5.75 Å². The summed E-state index contributed by atoms with van der Waals surface area (Å²) in [5, 5.41) is 3.89. The van der Waals surface area contributed by atoms with E-state index in [1.165, 1.54) is 17.8 Å². The molecule has 152 valence electrons. The molecule has 0 spiro atoms. The van der Waals surface area contributed by atoms with Crippen LogP contribution < -0.4 is 5.32 Å². The Morgan fingerprint density at radius 3 is 2.55 bits per heavy atom. The molecule has 0 aliphatic carbocycles. The van der Waals surface area contributed by atoms with Gasteiger partial charge < -0.3 is 5.32 Å². The summed E-state index contributed by atoms with van der Waals surface area (Å²) in [5.74, 6) is 0.365. The lowest BCUT2D eigenvalue weighted by atomic mass is 10.0. The molecule has 1 aromatic heterocycles. The first-order valence-corrected chi connectivity index (χ1v) is 10.2. The molecule has 3 rings (SSSR count). The summed E-state index contributed by atoms with van der Waals surface area (Å²) in [7, 11) is 0. The zero-order valence-corrected chi connectivity index (χ0v) is 17.2. The monoisotopic (exact) mass is 418 g/mol. The number of halogens is 3. The van der Waals surface area contributed by atoms with Crippen molar-refractivity contribution in [3.8, 4) is 0 Å². The van der Waals surface area contributed by atoms with Gasteiger partial charge in [0.2, 0.25) is 0 Å². The van der Waals surface area contributed by atoms with Crippen LogP contribution >= 0.6 is 11.8 Å². The largest absolute Gasteiger partial charge is 0.416 e. The number of hydrogen-bond donors (Lipinski definition) is 1. The predicted molar refractivity (Wildman–Crippen MR) is 110 cm³/mol. The maximum atomic E-state index is 13.1. The van der Waals surface area contributed by atoms with Crippen molar-refractivity contribution in [1.82, 2.24) is 10.3 Å². The molecule has 0 bridgehead atoms. The lowest BCUT2D eigenvalue weighted by molar-refractivity contribution is -0.137. The van der Waals surface area contributed by atoms with Gasteiger partial charge in [-0.1, -0.05) is 42.8 Å². The van der Waals surface area contributed by atoms with Gasteiger partial charge in [-0.2, -0.15) is 13.2 Å². The second kappa shape index (κ2) is 8.45. The molecule has 0 unspecified atom stereocenters. The molecule has 0 aliphatic rings. The van der Waals surface area contributed by atoms with E-state index in [0.29, 0.717) is 33.8 Å². The van der Waals surface area contributed by atoms with E-state index < -0.39 is 11.7 Å². The van der Waals surface area contributed by atoms with Crippen molar-refractivity contribution >= 4 is 28.6 Å². The average Bonchev–Trinajstić information content (AvgIpc) is 2.65. The minimum Gasteiger partial charge on any atom is -0.348 e. The lowest BCUT2D eigenvalue weighted by Gasteiger charge is -2.15. The van der Waals surface area contributed by atoms with E-state index in [4.69, 9.17) is 0 Å². The van der Waals surface area contributed by atoms with Gasteiger partial charge in [0.1, 0.15) is 5.03 Å². The number of amides is 1. The number of hydrogen-bond acceptors (Lipinski definition) is 3. The zero-order valence-electron chi connectivity index (χ0n) is 16.4. The molecule has 0 aliphatic heterocycles. The average molecular weight is 418 g/mol. The van der Waals surface area contributed by atoms with Gasteiger partial charge >= 0.3 is 6.18 Å². The van der Waals surface area contributed by atoms with Gasteiger partial charge in [-0.05, 0) is 42.9 Å². The normalized spacial score (nSPS) is 11.7. The van der Waals surface area contributed by atoms with Gasteiger partial charge in [0, 0.05) is 11.9 Å². The third kappa shape index (κ3) is 4.72.